The van der Waals surface area contributed by atoms with Crippen molar-refractivity contribution in [2.75, 3.05) is 19.6 Å². The van der Waals surface area contributed by atoms with E-state index in [-0.39, 0.29) is 26.1 Å². The highest BCUT2D eigenvalue weighted by Crippen LogP contribution is 2.24. The number of rotatable bonds is 6. The van der Waals surface area contributed by atoms with E-state index >= 15 is 0 Å². The molecule has 3 rings (SSSR count). The first-order valence-electron chi connectivity index (χ1n) is 9.48. The Labute approximate surface area is 167 Å². The highest BCUT2D eigenvalue weighted by molar-refractivity contribution is 5.90. The van der Waals surface area contributed by atoms with Crippen molar-refractivity contribution < 1.29 is 35.1 Å². The number of aliphatic hydroxyl groups is 5. The SMILES string of the molecule is NC(=O)C1[C@@H](O)[C@H](O)CN1C(=O)C(O)[C@H](Cc1ccccc1)N1C[C@@H](O)[C@H](O)C1. The molecule has 160 valence electrons. The quantitative estimate of drug-likeness (QED) is 0.280. The summed E-state index contributed by atoms with van der Waals surface area (Å²) in [6, 6.07) is 6.84. The molecule has 1 aromatic carbocycles. The average molecular weight is 409 g/mol. The van der Waals surface area contributed by atoms with Gasteiger partial charge in [-0.1, -0.05) is 30.3 Å². The van der Waals surface area contributed by atoms with Gasteiger partial charge in [0.15, 0.2) is 0 Å². The largest absolute Gasteiger partial charge is 0.389 e. The predicted molar refractivity (Wildman–Crippen MR) is 100 cm³/mol. The summed E-state index contributed by atoms with van der Waals surface area (Å²) in [5, 5.41) is 50.5. The average Bonchev–Trinajstić information content (AvgIpc) is 3.18. The van der Waals surface area contributed by atoms with Gasteiger partial charge < -0.3 is 36.2 Å². The minimum atomic E-state index is -1.63. The molecule has 2 amide bonds. The van der Waals surface area contributed by atoms with Gasteiger partial charge in [0.2, 0.25) is 5.91 Å². The van der Waals surface area contributed by atoms with E-state index in [0.717, 1.165) is 10.5 Å². The highest BCUT2D eigenvalue weighted by Gasteiger charge is 2.49. The lowest BCUT2D eigenvalue weighted by atomic mass is 9.98. The second-order valence-electron chi connectivity index (χ2n) is 7.69. The summed E-state index contributed by atoms with van der Waals surface area (Å²) in [6.45, 7) is -0.213. The summed E-state index contributed by atoms with van der Waals surface area (Å²) in [5.41, 5.74) is 6.10. The van der Waals surface area contributed by atoms with Crippen LogP contribution >= 0.6 is 0 Å². The van der Waals surface area contributed by atoms with Crippen LogP contribution in [0.2, 0.25) is 0 Å². The number of nitrogens with zero attached hydrogens (tertiary/aromatic N) is 2. The number of carbonyl (C=O) groups excluding carboxylic acids is 2. The van der Waals surface area contributed by atoms with E-state index in [1.807, 2.05) is 30.3 Å². The molecule has 10 heteroatoms. The summed E-state index contributed by atoms with van der Waals surface area (Å²) in [6.07, 6.45) is -6.30. The van der Waals surface area contributed by atoms with E-state index in [2.05, 4.69) is 0 Å². The lowest BCUT2D eigenvalue weighted by molar-refractivity contribution is -0.149. The van der Waals surface area contributed by atoms with Gasteiger partial charge >= 0.3 is 0 Å². The minimum Gasteiger partial charge on any atom is -0.389 e. The molecule has 2 heterocycles. The summed E-state index contributed by atoms with van der Waals surface area (Å²) in [4.78, 5) is 27.2. The van der Waals surface area contributed by atoms with Crippen molar-refractivity contribution in [3.05, 3.63) is 35.9 Å². The van der Waals surface area contributed by atoms with E-state index in [9.17, 15) is 35.1 Å². The number of benzene rings is 1. The number of aliphatic hydroxyl groups excluding tert-OH is 5. The van der Waals surface area contributed by atoms with Crippen LogP contribution in [0.4, 0.5) is 0 Å². The van der Waals surface area contributed by atoms with Gasteiger partial charge in [-0.15, -0.1) is 0 Å². The second kappa shape index (κ2) is 8.74. The molecule has 2 fully saturated rings. The zero-order valence-corrected chi connectivity index (χ0v) is 15.8. The monoisotopic (exact) mass is 409 g/mol. The standard InChI is InChI=1S/C19H27N3O7/c20-18(28)15-17(27)14(25)9-22(15)19(29)16(26)11(6-10-4-2-1-3-5-10)21-7-12(23)13(24)8-21/h1-5,11-17,23-27H,6-9H2,(H2,20,28)/t11-,12+,13+,14+,15?,16?,17-/m0/s1. The maximum absolute atomic E-state index is 13.0. The molecule has 7 atom stereocenters. The molecule has 29 heavy (non-hydrogen) atoms. The fourth-order valence-corrected chi connectivity index (χ4v) is 4.07. The van der Waals surface area contributed by atoms with Crippen LogP contribution in [0.15, 0.2) is 30.3 Å². The Bertz CT molecular complexity index is 724. The van der Waals surface area contributed by atoms with E-state index in [1.165, 1.54) is 0 Å². The lowest BCUT2D eigenvalue weighted by Crippen LogP contribution is -2.56. The molecule has 2 aliphatic heterocycles. The first kappa shape index (κ1) is 21.6. The normalized spacial score (nSPS) is 32.3. The molecular formula is C19H27N3O7. The topological polar surface area (TPSA) is 168 Å². The smallest absolute Gasteiger partial charge is 0.253 e. The molecule has 2 aliphatic rings. The third-order valence-corrected chi connectivity index (χ3v) is 5.67. The molecule has 2 unspecified atom stereocenters. The molecule has 0 saturated carbocycles. The predicted octanol–water partition coefficient (Wildman–Crippen LogP) is -3.59. The lowest BCUT2D eigenvalue weighted by Gasteiger charge is -2.34. The number of primary amides is 1. The van der Waals surface area contributed by atoms with E-state index in [0.29, 0.717) is 0 Å². The zero-order chi connectivity index (χ0) is 21.3. The summed E-state index contributed by atoms with van der Waals surface area (Å²) < 4.78 is 0. The van der Waals surface area contributed by atoms with Crippen molar-refractivity contribution in [1.82, 2.24) is 9.80 Å². The van der Waals surface area contributed by atoms with Gasteiger partial charge in [-0.3, -0.25) is 14.5 Å². The van der Waals surface area contributed by atoms with Gasteiger partial charge in [-0.2, -0.15) is 0 Å². The zero-order valence-electron chi connectivity index (χ0n) is 15.8. The Morgan fingerprint density at radius 3 is 2.14 bits per heavy atom. The number of carbonyl (C=O) groups is 2. The molecule has 0 spiro atoms. The van der Waals surface area contributed by atoms with Crippen molar-refractivity contribution >= 4 is 11.8 Å². The summed E-state index contributed by atoms with van der Waals surface area (Å²) in [5.74, 6) is -1.84. The van der Waals surface area contributed by atoms with Crippen LogP contribution in [0.25, 0.3) is 0 Å². The van der Waals surface area contributed by atoms with Crippen LogP contribution in [-0.4, -0.2) is 109 Å². The van der Waals surface area contributed by atoms with Crippen LogP contribution in [0, 0.1) is 0 Å². The van der Waals surface area contributed by atoms with Crippen LogP contribution < -0.4 is 5.73 Å². The van der Waals surface area contributed by atoms with Crippen LogP contribution in [0.3, 0.4) is 0 Å². The Morgan fingerprint density at radius 2 is 1.59 bits per heavy atom. The molecule has 0 aliphatic carbocycles. The van der Waals surface area contributed by atoms with Gasteiger partial charge in [0.1, 0.15) is 18.2 Å². The third kappa shape index (κ3) is 4.42. The van der Waals surface area contributed by atoms with Crippen molar-refractivity contribution in [3.63, 3.8) is 0 Å². The van der Waals surface area contributed by atoms with Gasteiger partial charge in [-0.05, 0) is 12.0 Å². The first-order valence-corrected chi connectivity index (χ1v) is 9.48. The number of likely N-dealkylation sites (tertiary alicyclic amines) is 2. The van der Waals surface area contributed by atoms with Crippen LogP contribution in [-0.2, 0) is 16.0 Å². The van der Waals surface area contributed by atoms with Crippen molar-refractivity contribution in [1.29, 1.82) is 0 Å². The van der Waals surface area contributed by atoms with E-state index < -0.39 is 54.4 Å². The Kier molecular flexibility index (Phi) is 6.52. The summed E-state index contributed by atoms with van der Waals surface area (Å²) in [7, 11) is 0. The number of β-amino-alcohol motifs (C(OH)–C–C–N with tert-alkyl or cyclic N) is 3. The fraction of sp³-hybridized carbons (Fsp3) is 0.579. The molecule has 2 saturated heterocycles. The Hall–Kier alpha value is -2.08. The number of nitrogens with two attached hydrogens (primary N) is 1. The van der Waals surface area contributed by atoms with Gasteiger partial charge in [-0.25, -0.2) is 0 Å². The van der Waals surface area contributed by atoms with Crippen molar-refractivity contribution in [3.8, 4) is 0 Å². The van der Waals surface area contributed by atoms with Crippen molar-refractivity contribution in [2.45, 2.75) is 49.0 Å². The molecule has 0 bridgehead atoms. The maximum atomic E-state index is 13.0. The number of amides is 2. The third-order valence-electron chi connectivity index (χ3n) is 5.67. The van der Waals surface area contributed by atoms with E-state index in [4.69, 9.17) is 5.73 Å². The minimum absolute atomic E-state index is 0.0630. The first-order chi connectivity index (χ1) is 13.7. The number of hydrogen-bond donors (Lipinski definition) is 6. The van der Waals surface area contributed by atoms with Crippen LogP contribution in [0.1, 0.15) is 5.56 Å². The Balaban J connectivity index is 1.84. The molecule has 0 aromatic heterocycles. The Morgan fingerprint density at radius 1 is 1.00 bits per heavy atom. The number of hydrogen-bond acceptors (Lipinski definition) is 8. The molecule has 0 radical (unpaired) electrons. The van der Waals surface area contributed by atoms with Gasteiger partial charge in [0.25, 0.3) is 5.91 Å². The van der Waals surface area contributed by atoms with Gasteiger partial charge in [0, 0.05) is 19.1 Å². The fourth-order valence-electron chi connectivity index (χ4n) is 4.07. The summed E-state index contributed by atoms with van der Waals surface area (Å²) >= 11 is 0. The van der Waals surface area contributed by atoms with E-state index in [1.54, 1.807) is 4.90 Å². The molecule has 7 N–H and O–H groups in total. The van der Waals surface area contributed by atoms with Crippen molar-refractivity contribution in [2.24, 2.45) is 5.73 Å². The highest BCUT2D eigenvalue weighted by atomic mass is 16.3. The molecular weight excluding hydrogens is 382 g/mol. The molecule has 1 aromatic rings. The molecule has 10 nitrogen and oxygen atoms in total. The maximum Gasteiger partial charge on any atom is 0.253 e. The van der Waals surface area contributed by atoms with Crippen LogP contribution in [0.5, 0.6) is 0 Å². The van der Waals surface area contributed by atoms with Gasteiger partial charge in [0.05, 0.1) is 24.9 Å². The second-order valence-corrected chi connectivity index (χ2v) is 7.69.